The largest absolute Gasteiger partial charge is 0.395 e. The predicted molar refractivity (Wildman–Crippen MR) is 112 cm³/mol. The monoisotopic (exact) mass is 425 g/mol. The van der Waals surface area contributed by atoms with Crippen LogP contribution in [0.2, 0.25) is 0 Å². The van der Waals surface area contributed by atoms with Gasteiger partial charge in [0.25, 0.3) is 11.8 Å². The van der Waals surface area contributed by atoms with Gasteiger partial charge in [-0.3, -0.25) is 19.2 Å². The Morgan fingerprint density at radius 3 is 2.48 bits per heavy atom. The second kappa shape index (κ2) is 8.50. The molecule has 2 fully saturated rings. The highest BCUT2D eigenvalue weighted by Gasteiger charge is 2.58. The average Bonchev–Trinajstić information content (AvgIpc) is 3.35. The number of aryl methyl sites for hydroxylation is 1. The topological polar surface area (TPSA) is 99.0 Å². The van der Waals surface area contributed by atoms with E-state index in [1.807, 2.05) is 37.3 Å². The number of hydrogen-bond donors (Lipinski definition) is 1. The van der Waals surface area contributed by atoms with Gasteiger partial charge < -0.3 is 14.9 Å². The van der Waals surface area contributed by atoms with Crippen LogP contribution < -0.4 is 0 Å². The van der Waals surface area contributed by atoms with Gasteiger partial charge >= 0.3 is 6.03 Å². The number of β-amino-alcohol motifs (C(OH)–C–C–N with tert-alkyl or cyclic N) is 1. The van der Waals surface area contributed by atoms with Crippen molar-refractivity contribution in [2.75, 3.05) is 26.2 Å². The molecule has 1 N–H and O–H groups in total. The lowest BCUT2D eigenvalue weighted by Crippen LogP contribution is -2.57. The lowest BCUT2D eigenvalue weighted by atomic mass is 9.85. The van der Waals surface area contributed by atoms with Crippen molar-refractivity contribution in [3.63, 3.8) is 0 Å². The summed E-state index contributed by atoms with van der Waals surface area (Å²) in [6, 6.07) is 10.9. The van der Waals surface area contributed by atoms with Gasteiger partial charge in [-0.15, -0.1) is 0 Å². The number of nitrogens with zero attached hydrogens (tertiary/aromatic N) is 5. The van der Waals surface area contributed by atoms with Crippen LogP contribution in [0.5, 0.6) is 0 Å². The zero-order valence-corrected chi connectivity index (χ0v) is 17.6. The van der Waals surface area contributed by atoms with Crippen LogP contribution >= 0.6 is 0 Å². The molecule has 0 unspecified atom stereocenters. The molecule has 1 aromatic heterocycles. The van der Waals surface area contributed by atoms with Crippen LogP contribution in [-0.2, 0) is 17.9 Å². The molecule has 0 saturated carbocycles. The summed E-state index contributed by atoms with van der Waals surface area (Å²) in [6.07, 6.45) is 2.33. The molecule has 4 amide bonds. The minimum absolute atomic E-state index is 0.0248. The van der Waals surface area contributed by atoms with Crippen molar-refractivity contribution in [3.8, 4) is 0 Å². The molecule has 1 spiro atoms. The smallest absolute Gasteiger partial charge is 0.328 e. The fourth-order valence-corrected chi connectivity index (χ4v) is 4.56. The first kappa shape index (κ1) is 21.0. The highest BCUT2D eigenvalue weighted by Crippen LogP contribution is 2.38. The van der Waals surface area contributed by atoms with Crippen molar-refractivity contribution in [1.82, 2.24) is 24.5 Å². The van der Waals surface area contributed by atoms with E-state index in [-0.39, 0.29) is 31.0 Å². The number of aliphatic hydroxyl groups excluding tert-OH is 1. The molecule has 164 valence electrons. The number of carbonyl (C=O) groups is 3. The van der Waals surface area contributed by atoms with Crippen LogP contribution in [0.15, 0.2) is 42.6 Å². The Hall–Kier alpha value is -3.20. The normalized spacial score (nSPS) is 18.3. The molecule has 9 nitrogen and oxygen atoms in total. The number of aliphatic hydroxyl groups is 1. The fourth-order valence-electron chi connectivity index (χ4n) is 4.56. The maximum absolute atomic E-state index is 13.3. The number of rotatable bonds is 6. The molecule has 0 radical (unpaired) electrons. The first-order valence-corrected chi connectivity index (χ1v) is 10.6. The van der Waals surface area contributed by atoms with Crippen LogP contribution in [0, 0.1) is 0 Å². The van der Waals surface area contributed by atoms with Crippen molar-refractivity contribution in [1.29, 1.82) is 0 Å². The summed E-state index contributed by atoms with van der Waals surface area (Å²) < 4.78 is 1.65. The second-order valence-corrected chi connectivity index (χ2v) is 7.89. The summed E-state index contributed by atoms with van der Waals surface area (Å²) in [4.78, 5) is 43.9. The number of benzene rings is 1. The van der Waals surface area contributed by atoms with Gasteiger partial charge in [-0.2, -0.15) is 5.10 Å². The molecule has 4 rings (SSSR count). The van der Waals surface area contributed by atoms with Crippen molar-refractivity contribution in [2.24, 2.45) is 0 Å². The minimum atomic E-state index is -0.996. The Morgan fingerprint density at radius 2 is 1.84 bits per heavy atom. The third-order valence-electron chi connectivity index (χ3n) is 6.24. The third-order valence-corrected chi connectivity index (χ3v) is 6.24. The Kier molecular flexibility index (Phi) is 5.77. The van der Waals surface area contributed by atoms with Crippen molar-refractivity contribution in [2.45, 2.75) is 38.4 Å². The number of hydrogen-bond acceptors (Lipinski definition) is 5. The van der Waals surface area contributed by atoms with Crippen LogP contribution in [0.4, 0.5) is 4.79 Å². The number of likely N-dealkylation sites (tertiary alicyclic amines) is 1. The van der Waals surface area contributed by atoms with Gasteiger partial charge in [0.05, 0.1) is 13.2 Å². The summed E-state index contributed by atoms with van der Waals surface area (Å²) in [5.41, 5.74) is 0.457. The zero-order chi connectivity index (χ0) is 22.0. The highest BCUT2D eigenvalue weighted by molar-refractivity contribution is 6.07. The van der Waals surface area contributed by atoms with E-state index in [2.05, 4.69) is 5.10 Å². The molecule has 0 bridgehead atoms. The van der Waals surface area contributed by atoms with Crippen LogP contribution in [0.25, 0.3) is 0 Å². The number of amides is 4. The van der Waals surface area contributed by atoms with E-state index in [0.717, 1.165) is 10.5 Å². The molecule has 2 aromatic rings. The summed E-state index contributed by atoms with van der Waals surface area (Å²) in [5, 5.41) is 13.5. The van der Waals surface area contributed by atoms with E-state index >= 15 is 0 Å². The van der Waals surface area contributed by atoms with Crippen molar-refractivity contribution in [3.05, 3.63) is 53.9 Å². The van der Waals surface area contributed by atoms with E-state index in [1.54, 1.807) is 26.7 Å². The molecule has 9 heteroatoms. The maximum atomic E-state index is 13.3. The fraction of sp³-hybridized carbons (Fsp3) is 0.455. The predicted octanol–water partition coefficient (Wildman–Crippen LogP) is 1.33. The van der Waals surface area contributed by atoms with E-state index < -0.39 is 5.54 Å². The van der Waals surface area contributed by atoms with Crippen LogP contribution in [0.3, 0.4) is 0 Å². The summed E-state index contributed by atoms with van der Waals surface area (Å²) in [5.74, 6) is -0.402. The van der Waals surface area contributed by atoms with Crippen LogP contribution in [0.1, 0.15) is 35.8 Å². The average molecular weight is 425 g/mol. The van der Waals surface area contributed by atoms with E-state index in [1.165, 1.54) is 0 Å². The highest BCUT2D eigenvalue weighted by atomic mass is 16.3. The Bertz CT molecular complexity index is 965. The molecule has 3 heterocycles. The molecule has 2 saturated heterocycles. The van der Waals surface area contributed by atoms with Crippen molar-refractivity contribution < 1.29 is 19.5 Å². The van der Waals surface area contributed by atoms with Gasteiger partial charge in [0.15, 0.2) is 0 Å². The van der Waals surface area contributed by atoms with Gasteiger partial charge in [0, 0.05) is 32.4 Å². The lowest BCUT2D eigenvalue weighted by molar-refractivity contribution is -0.135. The van der Waals surface area contributed by atoms with Gasteiger partial charge in [-0.25, -0.2) is 4.79 Å². The maximum Gasteiger partial charge on any atom is 0.328 e. The molecular weight excluding hydrogens is 398 g/mol. The molecule has 2 aliphatic heterocycles. The first-order chi connectivity index (χ1) is 15.0. The number of aromatic nitrogens is 2. The lowest BCUT2D eigenvalue weighted by Gasteiger charge is -2.42. The molecule has 0 atom stereocenters. The number of imide groups is 1. The van der Waals surface area contributed by atoms with Gasteiger partial charge in [0.1, 0.15) is 11.2 Å². The number of piperidine rings is 1. The molecule has 0 aliphatic carbocycles. The zero-order valence-electron chi connectivity index (χ0n) is 17.6. The van der Waals surface area contributed by atoms with Crippen LogP contribution in [-0.4, -0.2) is 79.2 Å². The van der Waals surface area contributed by atoms with Gasteiger partial charge in [0.2, 0.25) is 0 Å². The van der Waals surface area contributed by atoms with E-state index in [9.17, 15) is 19.5 Å². The van der Waals surface area contributed by atoms with Gasteiger partial charge in [-0.1, -0.05) is 30.3 Å². The summed E-state index contributed by atoms with van der Waals surface area (Å²) >= 11 is 0. The van der Waals surface area contributed by atoms with E-state index in [0.29, 0.717) is 44.7 Å². The Balaban J connectivity index is 1.57. The SMILES string of the molecule is CCn1nccc1C(=O)N1CCC2(CC1)C(=O)N(CCO)C(=O)N2Cc1ccccc1. The molecule has 1 aromatic carbocycles. The van der Waals surface area contributed by atoms with E-state index in [4.69, 9.17) is 0 Å². The molecular formula is C22H27N5O4. The summed E-state index contributed by atoms with van der Waals surface area (Å²) in [7, 11) is 0. The minimum Gasteiger partial charge on any atom is -0.395 e. The quantitative estimate of drug-likeness (QED) is 0.704. The first-order valence-electron chi connectivity index (χ1n) is 10.6. The Morgan fingerprint density at radius 1 is 1.13 bits per heavy atom. The van der Waals surface area contributed by atoms with Crippen molar-refractivity contribution >= 4 is 17.8 Å². The Labute approximate surface area is 180 Å². The molecule has 31 heavy (non-hydrogen) atoms. The third kappa shape index (κ3) is 3.59. The second-order valence-electron chi connectivity index (χ2n) is 7.89. The standard InChI is InChI=1S/C22H27N5O4/c1-2-27-18(8-11-23-27)19(29)24-12-9-22(10-13-24)20(30)25(14-15-28)21(31)26(22)16-17-6-4-3-5-7-17/h3-8,11,28H,2,9-10,12-16H2,1H3. The molecule has 2 aliphatic rings. The number of urea groups is 1. The summed E-state index contributed by atoms with van der Waals surface area (Å²) in [6.45, 7) is 3.26. The van der Waals surface area contributed by atoms with Gasteiger partial charge in [-0.05, 0) is 31.4 Å². The number of carbonyl (C=O) groups excluding carboxylic acids is 3.